The van der Waals surface area contributed by atoms with Crippen LogP contribution in [0.15, 0.2) is 65.7 Å². The molecule has 7 rings (SSSR count). The molecule has 5 aromatic rings. The van der Waals surface area contributed by atoms with Gasteiger partial charge in [0.2, 0.25) is 11.7 Å². The molecule has 5 heterocycles. The first-order valence-electron chi connectivity index (χ1n) is 17.9. The number of carbonyl (C=O) groups excluding carboxylic acids is 2. The molecule has 2 amide bonds. The molecule has 0 bridgehead atoms. The van der Waals surface area contributed by atoms with E-state index in [1.165, 1.54) is 10.9 Å². The van der Waals surface area contributed by atoms with Crippen molar-refractivity contribution in [1.29, 1.82) is 0 Å². The molecule has 0 radical (unpaired) electrons. The normalized spacial score (nSPS) is 14.9. The van der Waals surface area contributed by atoms with Crippen molar-refractivity contribution in [3.63, 3.8) is 0 Å². The maximum Gasteiger partial charge on any atom is 0.416 e. The molecule has 1 fully saturated rings. The molecule has 0 unspecified atom stereocenters. The zero-order valence-electron chi connectivity index (χ0n) is 30.5. The SMILES string of the molecule is CCc1c(N2CCN(C(=O)c3ncnc(C)c3OCc3ccccc3)CC2)c(=O)n2nc(C3=CCOCC3)nc2n1CC(=O)Nc1ccc(C(F)(F)F)cc1F. The summed E-state index contributed by atoms with van der Waals surface area (Å²) >= 11 is 0. The van der Waals surface area contributed by atoms with E-state index in [4.69, 9.17) is 9.47 Å². The summed E-state index contributed by atoms with van der Waals surface area (Å²) in [5.41, 5.74) is 0.818. The number of hydrogen-bond donors (Lipinski definition) is 1. The van der Waals surface area contributed by atoms with Crippen LogP contribution >= 0.6 is 0 Å². The minimum absolute atomic E-state index is 0.0528. The van der Waals surface area contributed by atoms with Crippen LogP contribution in [0.25, 0.3) is 11.4 Å². The zero-order valence-corrected chi connectivity index (χ0v) is 30.5. The van der Waals surface area contributed by atoms with Crippen LogP contribution in [0, 0.1) is 12.7 Å². The van der Waals surface area contributed by atoms with E-state index in [2.05, 4.69) is 25.4 Å². The van der Waals surface area contributed by atoms with Crippen LogP contribution in [0.2, 0.25) is 0 Å². The van der Waals surface area contributed by atoms with Gasteiger partial charge in [-0.25, -0.2) is 14.4 Å². The molecule has 0 spiro atoms. The Morgan fingerprint density at radius 2 is 1.80 bits per heavy atom. The second kappa shape index (κ2) is 15.9. The van der Waals surface area contributed by atoms with Gasteiger partial charge in [-0.2, -0.15) is 22.7 Å². The van der Waals surface area contributed by atoms with Gasteiger partial charge in [0.05, 0.1) is 35.9 Å². The van der Waals surface area contributed by atoms with E-state index in [0.717, 1.165) is 21.7 Å². The molecule has 2 aliphatic heterocycles. The number of aryl methyl sites for hydroxylation is 1. The summed E-state index contributed by atoms with van der Waals surface area (Å²) in [7, 11) is 0. The van der Waals surface area contributed by atoms with Gasteiger partial charge in [-0.1, -0.05) is 43.3 Å². The predicted octanol–water partition coefficient (Wildman–Crippen LogP) is 4.69. The molecule has 0 atom stereocenters. The first kappa shape index (κ1) is 38.1. The number of piperazine rings is 1. The second-order valence-corrected chi connectivity index (χ2v) is 13.2. The van der Waals surface area contributed by atoms with Gasteiger partial charge in [-0.3, -0.25) is 14.4 Å². The number of benzene rings is 2. The lowest BCUT2D eigenvalue weighted by molar-refractivity contribution is -0.137. The van der Waals surface area contributed by atoms with Gasteiger partial charge >= 0.3 is 6.18 Å². The van der Waals surface area contributed by atoms with Gasteiger partial charge in [-0.05, 0) is 49.1 Å². The van der Waals surface area contributed by atoms with Crippen molar-refractivity contribution in [2.24, 2.45) is 0 Å². The first-order valence-corrected chi connectivity index (χ1v) is 17.9. The van der Waals surface area contributed by atoms with Gasteiger partial charge in [0.25, 0.3) is 11.5 Å². The molecule has 3 aromatic heterocycles. The van der Waals surface area contributed by atoms with E-state index in [-0.39, 0.29) is 73.8 Å². The smallest absolute Gasteiger partial charge is 0.416 e. The molecule has 1 N–H and O–H groups in total. The highest BCUT2D eigenvalue weighted by Gasteiger charge is 2.33. The first-order chi connectivity index (χ1) is 26.9. The van der Waals surface area contributed by atoms with Gasteiger partial charge in [0.1, 0.15) is 31.0 Å². The predicted molar refractivity (Wildman–Crippen MR) is 196 cm³/mol. The molecule has 0 saturated carbocycles. The quantitative estimate of drug-likeness (QED) is 0.198. The van der Waals surface area contributed by atoms with E-state index < -0.39 is 41.3 Å². The molecular formula is C38H37F4N9O5. The number of aromatic nitrogens is 6. The van der Waals surface area contributed by atoms with Crippen molar-refractivity contribution in [2.75, 3.05) is 49.6 Å². The van der Waals surface area contributed by atoms with Crippen LogP contribution < -0.4 is 20.5 Å². The molecule has 2 aromatic carbocycles. The number of alkyl halides is 3. The van der Waals surface area contributed by atoms with Crippen LogP contribution in [0.3, 0.4) is 0 Å². The third kappa shape index (κ3) is 7.82. The number of fused-ring (bicyclic) bond motifs is 1. The Kier molecular flexibility index (Phi) is 10.8. The van der Waals surface area contributed by atoms with Gasteiger partial charge in [-0.15, -0.1) is 5.10 Å². The lowest BCUT2D eigenvalue weighted by Gasteiger charge is -2.36. The van der Waals surface area contributed by atoms with Crippen LogP contribution in [0.5, 0.6) is 5.75 Å². The Labute approximate surface area is 317 Å². The largest absolute Gasteiger partial charge is 0.485 e. The lowest BCUT2D eigenvalue weighted by Crippen LogP contribution is -2.51. The van der Waals surface area contributed by atoms with Crippen molar-refractivity contribution < 1.29 is 36.6 Å². The average Bonchev–Trinajstić information content (AvgIpc) is 3.65. The van der Waals surface area contributed by atoms with Crippen molar-refractivity contribution in [3.05, 3.63) is 111 Å². The van der Waals surface area contributed by atoms with E-state index in [0.29, 0.717) is 43.2 Å². The molecule has 18 heteroatoms. The summed E-state index contributed by atoms with van der Waals surface area (Å²) in [5, 5.41) is 6.89. The highest BCUT2D eigenvalue weighted by molar-refractivity contribution is 5.95. The number of nitrogens with zero attached hydrogens (tertiary/aromatic N) is 8. The van der Waals surface area contributed by atoms with Crippen LogP contribution in [0.4, 0.5) is 28.9 Å². The van der Waals surface area contributed by atoms with Crippen molar-refractivity contribution >= 4 is 34.5 Å². The van der Waals surface area contributed by atoms with E-state index >= 15 is 0 Å². The summed E-state index contributed by atoms with van der Waals surface area (Å²) in [6.45, 7) is 4.92. The lowest BCUT2D eigenvalue weighted by atomic mass is 10.1. The number of anilines is 2. The number of nitrogens with one attached hydrogen (secondary N) is 1. The highest BCUT2D eigenvalue weighted by atomic mass is 19.4. The fraction of sp³-hybridized carbons (Fsp3) is 0.342. The maximum atomic E-state index is 14.7. The third-order valence-corrected chi connectivity index (χ3v) is 9.58. The zero-order chi connectivity index (χ0) is 39.6. The summed E-state index contributed by atoms with van der Waals surface area (Å²) in [5.74, 6) is -1.79. The number of rotatable bonds is 10. The number of amides is 2. The standard InChI is InChI=1S/C38H37F4N9O5/c1-3-29-32(48-13-15-49(16-14-48)35(53)31-33(23(2)43-22-44-31)56-21-24-7-5-4-6-8-24)36(54)51-37(46-34(47-51)25-11-17-55-18-12-25)50(29)20-30(52)45-28-10-9-26(19-27(28)39)38(40,41)42/h4-11,19,22H,3,12-18,20-21H2,1-2H3,(H,45,52). The molecule has 2 aliphatic rings. The van der Waals surface area contributed by atoms with Crippen LogP contribution in [-0.4, -0.2) is 85.2 Å². The Morgan fingerprint density at radius 1 is 1.04 bits per heavy atom. The van der Waals surface area contributed by atoms with Crippen LogP contribution in [0.1, 0.15) is 52.2 Å². The van der Waals surface area contributed by atoms with E-state index in [1.807, 2.05) is 41.3 Å². The Bertz CT molecular complexity index is 2370. The number of hydrogen-bond acceptors (Lipinski definition) is 10. The molecule has 292 valence electrons. The summed E-state index contributed by atoms with van der Waals surface area (Å²) in [6.07, 6.45) is -0.904. The molecule has 14 nitrogen and oxygen atoms in total. The van der Waals surface area contributed by atoms with Crippen molar-refractivity contribution in [2.45, 2.75) is 46.0 Å². The topological polar surface area (TPSA) is 149 Å². The van der Waals surface area contributed by atoms with Crippen LogP contribution in [-0.2, 0) is 35.3 Å². The highest BCUT2D eigenvalue weighted by Crippen LogP contribution is 2.32. The summed E-state index contributed by atoms with van der Waals surface area (Å²) < 4.78 is 68.3. The van der Waals surface area contributed by atoms with E-state index in [9.17, 15) is 31.9 Å². The fourth-order valence-corrected chi connectivity index (χ4v) is 6.72. The van der Waals surface area contributed by atoms with Crippen molar-refractivity contribution in [1.82, 2.24) is 34.0 Å². The summed E-state index contributed by atoms with van der Waals surface area (Å²) in [6, 6.07) is 11.3. The number of ether oxygens (including phenoxy) is 2. The number of carbonyl (C=O) groups is 2. The number of halogens is 4. The monoisotopic (exact) mass is 775 g/mol. The summed E-state index contributed by atoms with van der Waals surface area (Å²) in [4.78, 5) is 58.2. The average molecular weight is 776 g/mol. The third-order valence-electron chi connectivity index (χ3n) is 9.58. The minimum Gasteiger partial charge on any atom is -0.485 e. The Balaban J connectivity index is 1.17. The Hall–Kier alpha value is -6.17. The fourth-order valence-electron chi connectivity index (χ4n) is 6.72. The Morgan fingerprint density at radius 3 is 2.48 bits per heavy atom. The maximum absolute atomic E-state index is 14.7. The molecule has 0 aliphatic carbocycles. The van der Waals surface area contributed by atoms with Crippen molar-refractivity contribution in [3.8, 4) is 5.75 Å². The molecule has 1 saturated heterocycles. The van der Waals surface area contributed by atoms with Gasteiger partial charge in [0.15, 0.2) is 17.3 Å². The molecular weight excluding hydrogens is 738 g/mol. The van der Waals surface area contributed by atoms with Gasteiger partial charge in [0, 0.05) is 26.2 Å². The van der Waals surface area contributed by atoms with Gasteiger partial charge < -0.3 is 29.2 Å². The second-order valence-electron chi connectivity index (χ2n) is 13.2. The van der Waals surface area contributed by atoms with E-state index in [1.54, 1.807) is 18.7 Å². The molecule has 56 heavy (non-hydrogen) atoms. The minimum atomic E-state index is -4.77.